The van der Waals surface area contributed by atoms with E-state index in [0.29, 0.717) is 16.5 Å². The van der Waals surface area contributed by atoms with Crippen molar-refractivity contribution in [1.82, 2.24) is 10.3 Å². The van der Waals surface area contributed by atoms with E-state index in [1.54, 1.807) is 35.0 Å². The summed E-state index contributed by atoms with van der Waals surface area (Å²) in [6.45, 7) is -0.000887. The van der Waals surface area contributed by atoms with Crippen LogP contribution in [0.2, 0.25) is 0 Å². The zero-order valence-corrected chi connectivity index (χ0v) is 13.9. The Morgan fingerprint density at radius 2 is 1.96 bits per heavy atom. The zero-order valence-electron chi connectivity index (χ0n) is 13.1. The highest BCUT2D eigenvalue weighted by Crippen LogP contribution is 2.28. The number of alkyl halides is 3. The van der Waals surface area contributed by atoms with E-state index in [2.05, 4.69) is 4.98 Å². The molecule has 2 amide bonds. The van der Waals surface area contributed by atoms with Gasteiger partial charge in [0, 0.05) is 18.4 Å². The summed E-state index contributed by atoms with van der Waals surface area (Å²) < 4.78 is 36.1. The lowest BCUT2D eigenvalue weighted by Crippen LogP contribution is -2.32. The molecular formula is C16H14F3N3O2S. The third-order valence-corrected chi connectivity index (χ3v) is 3.74. The van der Waals surface area contributed by atoms with Crippen LogP contribution in [0.5, 0.6) is 0 Å². The highest BCUT2D eigenvalue weighted by Gasteiger charge is 2.27. The number of rotatable bonds is 5. The van der Waals surface area contributed by atoms with Crippen molar-refractivity contribution in [2.75, 3.05) is 11.4 Å². The first kappa shape index (κ1) is 18.7. The number of carbonyl (C=O) groups excluding carboxylic acids is 2. The molecule has 1 N–H and O–H groups in total. The van der Waals surface area contributed by atoms with Crippen LogP contribution < -0.4 is 10.2 Å². The fourth-order valence-corrected chi connectivity index (χ4v) is 2.72. The van der Waals surface area contributed by atoms with Crippen LogP contribution in [-0.2, 0) is 9.59 Å². The van der Waals surface area contributed by atoms with Crippen LogP contribution in [-0.4, -0.2) is 29.5 Å². The predicted molar refractivity (Wildman–Crippen MR) is 89.5 cm³/mol. The number of nitrogens with one attached hydrogen (secondary N) is 1. The Balaban J connectivity index is 2.09. The van der Waals surface area contributed by atoms with Gasteiger partial charge in [0.05, 0.1) is 11.4 Å². The number of thiazole rings is 1. The largest absolute Gasteiger partial charge is 0.405 e. The van der Waals surface area contributed by atoms with Gasteiger partial charge in [0.15, 0.2) is 5.13 Å². The standard InChI is InChI=1S/C16H14F3N3O2S/c1-11(23)22(13-5-3-2-4-6-13)15-21-12(9-25-15)7-8-14(24)20-10-16(17,18)19/h2-9H,10H2,1H3,(H,20,24)/b8-7+. The van der Waals surface area contributed by atoms with E-state index >= 15 is 0 Å². The average Bonchev–Trinajstić information content (AvgIpc) is 2.99. The van der Waals surface area contributed by atoms with Crippen LogP contribution in [0.1, 0.15) is 12.6 Å². The second-order valence-electron chi connectivity index (χ2n) is 4.91. The number of anilines is 2. The second kappa shape index (κ2) is 7.93. The maximum atomic E-state index is 12.0. The molecule has 25 heavy (non-hydrogen) atoms. The summed E-state index contributed by atoms with van der Waals surface area (Å²) in [4.78, 5) is 28.9. The molecule has 1 aromatic carbocycles. The number of nitrogens with zero attached hydrogens (tertiary/aromatic N) is 2. The van der Waals surface area contributed by atoms with E-state index in [1.807, 2.05) is 6.07 Å². The van der Waals surface area contributed by atoms with Gasteiger partial charge in [-0.25, -0.2) is 4.98 Å². The van der Waals surface area contributed by atoms with Crippen LogP contribution in [0.3, 0.4) is 0 Å². The summed E-state index contributed by atoms with van der Waals surface area (Å²) in [7, 11) is 0. The van der Waals surface area contributed by atoms with Gasteiger partial charge in [-0.3, -0.25) is 14.5 Å². The normalized spacial score (nSPS) is 11.5. The minimum absolute atomic E-state index is 0.237. The monoisotopic (exact) mass is 369 g/mol. The Morgan fingerprint density at radius 1 is 1.28 bits per heavy atom. The molecule has 5 nitrogen and oxygen atoms in total. The highest BCUT2D eigenvalue weighted by atomic mass is 32.1. The molecule has 9 heteroatoms. The van der Waals surface area contributed by atoms with Gasteiger partial charge >= 0.3 is 6.18 Å². The van der Waals surface area contributed by atoms with Crippen LogP contribution in [0.4, 0.5) is 24.0 Å². The fourth-order valence-electron chi connectivity index (χ4n) is 1.87. The number of para-hydroxylation sites is 1. The first-order valence-electron chi connectivity index (χ1n) is 7.10. The lowest BCUT2D eigenvalue weighted by molar-refractivity contribution is -0.135. The van der Waals surface area contributed by atoms with Gasteiger partial charge in [0.1, 0.15) is 6.54 Å². The minimum atomic E-state index is -4.46. The number of amides is 2. The van der Waals surface area contributed by atoms with Crippen molar-refractivity contribution in [3.8, 4) is 0 Å². The lowest BCUT2D eigenvalue weighted by atomic mass is 10.3. The van der Waals surface area contributed by atoms with Gasteiger partial charge in [-0.1, -0.05) is 18.2 Å². The minimum Gasteiger partial charge on any atom is -0.343 e. The van der Waals surface area contributed by atoms with Crippen molar-refractivity contribution < 1.29 is 22.8 Å². The molecule has 0 aliphatic rings. The van der Waals surface area contributed by atoms with E-state index in [0.717, 1.165) is 6.08 Å². The molecule has 1 heterocycles. The quantitative estimate of drug-likeness (QED) is 0.821. The van der Waals surface area contributed by atoms with Crippen molar-refractivity contribution in [1.29, 1.82) is 0 Å². The third-order valence-electron chi connectivity index (χ3n) is 2.90. The zero-order chi connectivity index (χ0) is 18.4. The Labute approximate surface area is 145 Å². The molecule has 0 spiro atoms. The first-order chi connectivity index (χ1) is 11.8. The summed E-state index contributed by atoms with van der Waals surface area (Å²) in [6.07, 6.45) is -2.21. The maximum absolute atomic E-state index is 12.0. The van der Waals surface area contributed by atoms with Crippen molar-refractivity contribution in [2.24, 2.45) is 0 Å². The smallest absolute Gasteiger partial charge is 0.343 e. The molecule has 0 unspecified atom stereocenters. The fraction of sp³-hybridized carbons (Fsp3) is 0.188. The van der Waals surface area contributed by atoms with Gasteiger partial charge in [-0.15, -0.1) is 11.3 Å². The molecule has 0 saturated heterocycles. The molecule has 0 saturated carbocycles. The molecule has 2 rings (SSSR count). The highest BCUT2D eigenvalue weighted by molar-refractivity contribution is 7.14. The molecule has 0 aliphatic heterocycles. The predicted octanol–water partition coefficient (Wildman–Crippen LogP) is 3.52. The molecule has 0 atom stereocenters. The molecule has 0 aliphatic carbocycles. The third kappa shape index (κ3) is 5.71. The number of hydrogen-bond acceptors (Lipinski definition) is 4. The summed E-state index contributed by atoms with van der Waals surface area (Å²) in [6, 6.07) is 8.89. The topological polar surface area (TPSA) is 62.3 Å². The van der Waals surface area contributed by atoms with Gasteiger partial charge in [0.25, 0.3) is 0 Å². The Hall–Kier alpha value is -2.68. The van der Waals surface area contributed by atoms with Crippen molar-refractivity contribution in [3.63, 3.8) is 0 Å². The van der Waals surface area contributed by atoms with Crippen molar-refractivity contribution in [3.05, 3.63) is 47.5 Å². The average molecular weight is 369 g/mol. The SMILES string of the molecule is CC(=O)N(c1ccccc1)c1nc(/C=C/C(=O)NCC(F)(F)F)cs1. The van der Waals surface area contributed by atoms with E-state index in [9.17, 15) is 22.8 Å². The summed E-state index contributed by atoms with van der Waals surface area (Å²) in [5.41, 5.74) is 1.01. The first-order valence-corrected chi connectivity index (χ1v) is 7.98. The maximum Gasteiger partial charge on any atom is 0.405 e. The molecule has 2 aromatic rings. The van der Waals surface area contributed by atoms with Crippen LogP contribution >= 0.6 is 11.3 Å². The Morgan fingerprint density at radius 3 is 2.56 bits per heavy atom. The van der Waals surface area contributed by atoms with Crippen LogP contribution in [0.15, 0.2) is 41.8 Å². The Kier molecular flexibility index (Phi) is 5.92. The molecule has 1 aromatic heterocycles. The molecule has 132 valence electrons. The van der Waals surface area contributed by atoms with E-state index < -0.39 is 18.6 Å². The summed E-state index contributed by atoms with van der Waals surface area (Å²) in [5.74, 6) is -1.11. The van der Waals surface area contributed by atoms with Gasteiger partial charge < -0.3 is 5.32 Å². The van der Waals surface area contributed by atoms with Crippen LogP contribution in [0.25, 0.3) is 6.08 Å². The Bertz CT molecular complexity index is 772. The summed E-state index contributed by atoms with van der Waals surface area (Å²) >= 11 is 1.18. The second-order valence-corrected chi connectivity index (χ2v) is 5.75. The number of halogens is 3. The lowest BCUT2D eigenvalue weighted by Gasteiger charge is -2.17. The summed E-state index contributed by atoms with van der Waals surface area (Å²) in [5, 5.41) is 3.72. The molecule has 0 bridgehead atoms. The van der Waals surface area contributed by atoms with Crippen molar-refractivity contribution in [2.45, 2.75) is 13.1 Å². The number of aromatic nitrogens is 1. The molecular weight excluding hydrogens is 355 g/mol. The van der Waals surface area contributed by atoms with E-state index in [-0.39, 0.29) is 5.91 Å². The molecule has 0 radical (unpaired) electrons. The number of hydrogen-bond donors (Lipinski definition) is 1. The van der Waals surface area contributed by atoms with E-state index in [1.165, 1.54) is 29.2 Å². The van der Waals surface area contributed by atoms with Gasteiger partial charge in [0.2, 0.25) is 11.8 Å². The number of carbonyl (C=O) groups is 2. The van der Waals surface area contributed by atoms with Crippen molar-refractivity contribution >= 4 is 40.0 Å². The van der Waals surface area contributed by atoms with E-state index in [4.69, 9.17) is 0 Å². The van der Waals surface area contributed by atoms with Gasteiger partial charge in [-0.05, 0) is 18.2 Å². The molecule has 0 fully saturated rings. The van der Waals surface area contributed by atoms with Crippen LogP contribution in [0, 0.1) is 0 Å². The van der Waals surface area contributed by atoms with Gasteiger partial charge in [-0.2, -0.15) is 13.2 Å². The number of benzene rings is 1.